The lowest BCUT2D eigenvalue weighted by Crippen LogP contribution is -3.11. The first-order valence-electron chi connectivity index (χ1n) is 7.10. The first-order chi connectivity index (χ1) is 9.26. The average Bonchev–Trinajstić information content (AvgIpc) is 2.46. The van der Waals surface area contributed by atoms with Crippen molar-refractivity contribution in [1.29, 1.82) is 0 Å². The second-order valence-electron chi connectivity index (χ2n) is 4.60. The summed E-state index contributed by atoms with van der Waals surface area (Å²) in [7, 11) is 0. The molecule has 0 aromatic heterocycles. The van der Waals surface area contributed by atoms with Gasteiger partial charge in [-0.3, -0.25) is 4.79 Å². The minimum atomic E-state index is -0.0154. The van der Waals surface area contributed by atoms with Crippen LogP contribution in [0.2, 0.25) is 0 Å². The molecule has 1 rings (SSSR count). The molecule has 3 nitrogen and oxygen atoms in total. The smallest absolute Gasteiger partial charge is 0.244 e. The van der Waals surface area contributed by atoms with E-state index in [1.807, 2.05) is 36.4 Å². The Morgan fingerprint density at radius 3 is 2.53 bits per heavy atom. The molecule has 0 atom stereocenters. The number of carbonyl (C=O) groups is 1. The summed E-state index contributed by atoms with van der Waals surface area (Å²) in [5.74, 6) is -0.0154. The average molecular weight is 261 g/mol. The molecule has 1 aromatic rings. The highest BCUT2D eigenvalue weighted by Crippen LogP contribution is 2.00. The van der Waals surface area contributed by atoms with Crippen molar-refractivity contribution in [3.05, 3.63) is 42.0 Å². The molecule has 0 heterocycles. The quantitative estimate of drug-likeness (QED) is 0.534. The van der Waals surface area contributed by atoms with Crippen molar-refractivity contribution >= 4 is 12.0 Å². The lowest BCUT2D eigenvalue weighted by atomic mass is 10.2. The molecule has 0 aliphatic carbocycles. The van der Waals surface area contributed by atoms with Gasteiger partial charge >= 0.3 is 0 Å². The molecule has 0 radical (unpaired) electrons. The summed E-state index contributed by atoms with van der Waals surface area (Å²) in [4.78, 5) is 13.2. The van der Waals surface area contributed by atoms with Gasteiger partial charge in [0.1, 0.15) is 0 Å². The zero-order chi connectivity index (χ0) is 13.9. The minimum absolute atomic E-state index is 0.0154. The number of carbonyl (C=O) groups excluding carboxylic acids is 1. The zero-order valence-corrected chi connectivity index (χ0v) is 12.0. The third-order valence-corrected chi connectivity index (χ3v) is 3.23. The van der Waals surface area contributed by atoms with Gasteiger partial charge in [0, 0.05) is 19.0 Å². The molecule has 2 N–H and O–H groups in total. The van der Waals surface area contributed by atoms with E-state index in [0.29, 0.717) is 0 Å². The van der Waals surface area contributed by atoms with Gasteiger partial charge in [-0.2, -0.15) is 0 Å². The van der Waals surface area contributed by atoms with Crippen molar-refractivity contribution in [3.63, 3.8) is 0 Å². The van der Waals surface area contributed by atoms with Crippen LogP contribution in [0, 0.1) is 0 Å². The topological polar surface area (TPSA) is 33.5 Å². The Bertz CT molecular complexity index is 383. The summed E-state index contributed by atoms with van der Waals surface area (Å²) in [6.07, 6.45) is 4.46. The molecule has 0 saturated carbocycles. The van der Waals surface area contributed by atoms with E-state index in [2.05, 4.69) is 19.2 Å². The number of benzene rings is 1. The van der Waals surface area contributed by atoms with Crippen LogP contribution in [0.1, 0.15) is 25.8 Å². The van der Waals surface area contributed by atoms with Crippen molar-refractivity contribution in [2.24, 2.45) is 0 Å². The van der Waals surface area contributed by atoms with Crippen LogP contribution >= 0.6 is 0 Å². The molecular formula is C16H25N2O+. The third-order valence-electron chi connectivity index (χ3n) is 3.23. The lowest BCUT2D eigenvalue weighted by molar-refractivity contribution is -0.896. The normalized spacial score (nSPS) is 11.1. The Morgan fingerprint density at radius 1 is 1.21 bits per heavy atom. The third kappa shape index (κ3) is 6.77. The summed E-state index contributed by atoms with van der Waals surface area (Å²) >= 11 is 0. The molecule has 0 bridgehead atoms. The van der Waals surface area contributed by atoms with Crippen LogP contribution in [-0.2, 0) is 4.79 Å². The maximum absolute atomic E-state index is 11.6. The molecule has 3 heteroatoms. The van der Waals surface area contributed by atoms with Crippen molar-refractivity contribution < 1.29 is 9.69 Å². The number of rotatable bonds is 8. The van der Waals surface area contributed by atoms with Crippen LogP contribution in [0.25, 0.3) is 6.08 Å². The maximum Gasteiger partial charge on any atom is 0.244 e. The Hall–Kier alpha value is -1.61. The van der Waals surface area contributed by atoms with E-state index in [9.17, 15) is 4.79 Å². The summed E-state index contributed by atoms with van der Waals surface area (Å²) in [6, 6.07) is 9.85. The zero-order valence-electron chi connectivity index (χ0n) is 12.0. The van der Waals surface area contributed by atoms with Crippen LogP contribution in [0.3, 0.4) is 0 Å². The molecular weight excluding hydrogens is 236 g/mol. The van der Waals surface area contributed by atoms with Crippen LogP contribution < -0.4 is 10.2 Å². The summed E-state index contributed by atoms with van der Waals surface area (Å²) in [5.41, 5.74) is 1.05. The second kappa shape index (κ2) is 9.34. The number of quaternary nitrogens is 1. The Labute approximate surface area is 116 Å². The molecule has 0 unspecified atom stereocenters. The highest BCUT2D eigenvalue weighted by Gasteiger charge is 2.01. The van der Waals surface area contributed by atoms with Gasteiger partial charge in [-0.1, -0.05) is 30.3 Å². The SMILES string of the molecule is CC[NH+](CC)CCCNC(=O)C=Cc1ccccc1. The summed E-state index contributed by atoms with van der Waals surface area (Å²) in [5, 5.41) is 2.92. The second-order valence-corrected chi connectivity index (χ2v) is 4.60. The van der Waals surface area contributed by atoms with Crippen molar-refractivity contribution in [3.8, 4) is 0 Å². The fraction of sp³-hybridized carbons (Fsp3) is 0.438. The highest BCUT2D eigenvalue weighted by atomic mass is 16.1. The van der Waals surface area contributed by atoms with Gasteiger partial charge in [-0.15, -0.1) is 0 Å². The van der Waals surface area contributed by atoms with Crippen LogP contribution in [0.15, 0.2) is 36.4 Å². The van der Waals surface area contributed by atoms with Gasteiger partial charge in [0.05, 0.1) is 19.6 Å². The minimum Gasteiger partial charge on any atom is -0.352 e. The first kappa shape index (κ1) is 15.4. The van der Waals surface area contributed by atoms with Crippen molar-refractivity contribution in [2.45, 2.75) is 20.3 Å². The van der Waals surface area contributed by atoms with E-state index < -0.39 is 0 Å². The van der Waals surface area contributed by atoms with Gasteiger partial charge < -0.3 is 10.2 Å². The maximum atomic E-state index is 11.6. The molecule has 104 valence electrons. The fourth-order valence-electron chi connectivity index (χ4n) is 1.95. The van der Waals surface area contributed by atoms with Crippen molar-refractivity contribution in [1.82, 2.24) is 5.32 Å². The first-order valence-corrected chi connectivity index (χ1v) is 7.10. The fourth-order valence-corrected chi connectivity index (χ4v) is 1.95. The van der Waals surface area contributed by atoms with Gasteiger partial charge in [0.15, 0.2) is 0 Å². The van der Waals surface area contributed by atoms with Gasteiger partial charge in [-0.25, -0.2) is 0 Å². The summed E-state index contributed by atoms with van der Waals surface area (Å²) < 4.78 is 0. The Kier molecular flexibility index (Phi) is 7.59. The van der Waals surface area contributed by atoms with Gasteiger partial charge in [0.25, 0.3) is 0 Å². The van der Waals surface area contributed by atoms with Gasteiger partial charge in [-0.05, 0) is 25.5 Å². The molecule has 0 saturated heterocycles. The Balaban J connectivity index is 2.20. The predicted octanol–water partition coefficient (Wildman–Crippen LogP) is 1.13. The predicted molar refractivity (Wildman–Crippen MR) is 80.0 cm³/mol. The van der Waals surface area contributed by atoms with E-state index >= 15 is 0 Å². The number of nitrogens with one attached hydrogen (secondary N) is 2. The Morgan fingerprint density at radius 2 is 1.89 bits per heavy atom. The molecule has 0 spiro atoms. The largest absolute Gasteiger partial charge is 0.352 e. The van der Waals surface area contributed by atoms with Crippen LogP contribution in [-0.4, -0.2) is 32.1 Å². The van der Waals surface area contributed by atoms with E-state index in [1.54, 1.807) is 11.0 Å². The van der Waals surface area contributed by atoms with E-state index in [1.165, 1.54) is 0 Å². The molecule has 0 aliphatic heterocycles. The highest BCUT2D eigenvalue weighted by molar-refractivity contribution is 5.91. The molecule has 0 aliphatic rings. The van der Waals surface area contributed by atoms with Gasteiger partial charge in [0.2, 0.25) is 5.91 Å². The van der Waals surface area contributed by atoms with E-state index in [4.69, 9.17) is 0 Å². The number of amides is 1. The monoisotopic (exact) mass is 261 g/mol. The molecule has 1 aromatic carbocycles. The van der Waals surface area contributed by atoms with E-state index in [-0.39, 0.29) is 5.91 Å². The van der Waals surface area contributed by atoms with Crippen molar-refractivity contribution in [2.75, 3.05) is 26.2 Å². The number of hydrogen-bond acceptors (Lipinski definition) is 1. The standard InChI is InChI=1S/C16H24N2O/c1-3-18(4-2)14-8-13-17-16(19)12-11-15-9-6-5-7-10-15/h5-7,9-12H,3-4,8,13-14H2,1-2H3,(H,17,19)/p+1. The van der Waals surface area contributed by atoms with Crippen LogP contribution in [0.5, 0.6) is 0 Å². The number of hydrogen-bond donors (Lipinski definition) is 2. The molecule has 19 heavy (non-hydrogen) atoms. The molecule has 1 amide bonds. The molecule has 0 fully saturated rings. The lowest BCUT2D eigenvalue weighted by Gasteiger charge is -2.14. The van der Waals surface area contributed by atoms with E-state index in [0.717, 1.165) is 38.2 Å². The summed E-state index contributed by atoms with van der Waals surface area (Å²) in [6.45, 7) is 8.56. The van der Waals surface area contributed by atoms with Crippen LogP contribution in [0.4, 0.5) is 0 Å².